The van der Waals surface area contributed by atoms with Crippen molar-refractivity contribution < 1.29 is 9.13 Å². The molecule has 0 atom stereocenters. The van der Waals surface area contributed by atoms with Gasteiger partial charge in [0.05, 0.1) is 15.2 Å². The number of nitrogens with zero attached hydrogens (tertiary/aromatic N) is 2. The maximum Gasteiger partial charge on any atom is 0.238 e. The molecule has 0 aliphatic carbocycles. The molecule has 2 aromatic rings. The molecule has 0 saturated heterocycles. The lowest BCUT2D eigenvalue weighted by molar-refractivity contribution is 0.447. The van der Waals surface area contributed by atoms with Crippen molar-refractivity contribution in [3.63, 3.8) is 0 Å². The second kappa shape index (κ2) is 5.60. The fourth-order valence-electron chi connectivity index (χ4n) is 1.21. The number of benzene rings is 1. The van der Waals surface area contributed by atoms with Crippen LogP contribution >= 0.6 is 27.5 Å². The fraction of sp³-hybridized carbons (Fsp3) is 0.0909. The third kappa shape index (κ3) is 2.95. The van der Waals surface area contributed by atoms with Gasteiger partial charge in [-0.3, -0.25) is 0 Å². The Kier molecular flexibility index (Phi) is 4.11. The molecule has 0 bridgehead atoms. The van der Waals surface area contributed by atoms with Crippen molar-refractivity contribution in [3.8, 4) is 11.6 Å². The van der Waals surface area contributed by atoms with Gasteiger partial charge in [-0.05, 0) is 28.1 Å². The van der Waals surface area contributed by atoms with E-state index in [1.54, 1.807) is 12.1 Å². The number of rotatable bonds is 3. The highest BCUT2D eigenvalue weighted by molar-refractivity contribution is 9.10. The first-order valence-corrected chi connectivity index (χ1v) is 6.12. The normalized spacial score (nSPS) is 10.4. The summed E-state index contributed by atoms with van der Waals surface area (Å²) in [7, 11) is 0. The van der Waals surface area contributed by atoms with E-state index in [2.05, 4.69) is 26.1 Å². The largest absolute Gasteiger partial charge is 0.436 e. The Bertz CT molecular complexity index is 565. The van der Waals surface area contributed by atoms with Crippen LogP contribution in [0.15, 0.2) is 28.7 Å². The van der Waals surface area contributed by atoms with Gasteiger partial charge in [-0.2, -0.15) is 5.10 Å². The van der Waals surface area contributed by atoms with Crippen molar-refractivity contribution in [2.24, 2.45) is 5.73 Å². The first kappa shape index (κ1) is 13.2. The molecule has 94 valence electrons. The Morgan fingerprint density at radius 1 is 1.33 bits per heavy atom. The molecule has 2 N–H and O–H groups in total. The van der Waals surface area contributed by atoms with Crippen LogP contribution < -0.4 is 10.5 Å². The maximum atomic E-state index is 13.3. The van der Waals surface area contributed by atoms with Gasteiger partial charge < -0.3 is 10.5 Å². The van der Waals surface area contributed by atoms with Crippen molar-refractivity contribution in [2.75, 3.05) is 0 Å². The lowest BCUT2D eigenvalue weighted by atomic mass is 10.3. The Hall–Kier alpha value is -1.24. The fourth-order valence-corrected chi connectivity index (χ4v) is 1.93. The number of hydrogen-bond acceptors (Lipinski definition) is 4. The van der Waals surface area contributed by atoms with Crippen LogP contribution in [-0.4, -0.2) is 10.2 Å². The van der Waals surface area contributed by atoms with Gasteiger partial charge in [-0.15, -0.1) is 5.10 Å². The van der Waals surface area contributed by atoms with Crippen LogP contribution in [0.25, 0.3) is 0 Å². The molecule has 0 aliphatic rings. The predicted octanol–water partition coefficient (Wildman–Crippen LogP) is 3.28. The van der Waals surface area contributed by atoms with Crippen molar-refractivity contribution in [1.29, 1.82) is 0 Å². The molecule has 4 nitrogen and oxygen atoms in total. The van der Waals surface area contributed by atoms with E-state index < -0.39 is 5.82 Å². The van der Waals surface area contributed by atoms with Crippen LogP contribution in [0.4, 0.5) is 4.39 Å². The van der Waals surface area contributed by atoms with E-state index in [1.807, 2.05) is 0 Å². The van der Waals surface area contributed by atoms with E-state index in [1.165, 1.54) is 12.1 Å². The molecule has 0 spiro atoms. The van der Waals surface area contributed by atoms with E-state index in [4.69, 9.17) is 22.1 Å². The summed E-state index contributed by atoms with van der Waals surface area (Å²) in [5.41, 5.74) is 6.04. The number of halogens is 3. The SMILES string of the molecule is NCc1ccc(Oc2cc(F)c(Cl)cc2Br)nn1. The zero-order valence-corrected chi connectivity index (χ0v) is 11.4. The first-order chi connectivity index (χ1) is 8.60. The molecular weight excluding hydrogens is 324 g/mol. The number of aromatic nitrogens is 2. The van der Waals surface area contributed by atoms with Crippen molar-refractivity contribution in [3.05, 3.63) is 45.3 Å². The molecule has 18 heavy (non-hydrogen) atoms. The van der Waals surface area contributed by atoms with Crippen LogP contribution in [0.3, 0.4) is 0 Å². The summed E-state index contributed by atoms with van der Waals surface area (Å²) in [6.07, 6.45) is 0. The lowest BCUT2D eigenvalue weighted by Gasteiger charge is -2.07. The summed E-state index contributed by atoms with van der Waals surface area (Å²) in [5.74, 6) is -0.0530. The van der Waals surface area contributed by atoms with E-state index in [0.29, 0.717) is 16.7 Å². The summed E-state index contributed by atoms with van der Waals surface area (Å²) in [6, 6.07) is 5.87. The number of hydrogen-bond donors (Lipinski definition) is 1. The molecular formula is C11H8BrClFN3O. The molecule has 7 heteroatoms. The average molecular weight is 333 g/mol. The van der Waals surface area contributed by atoms with E-state index in [-0.39, 0.29) is 16.7 Å². The molecule has 1 aromatic carbocycles. The standard InChI is InChI=1S/C11H8BrClFN3O/c12-7-3-8(13)9(14)4-10(7)18-11-2-1-6(5-15)16-17-11/h1-4H,5,15H2. The van der Waals surface area contributed by atoms with Crippen LogP contribution in [0.1, 0.15) is 5.69 Å². The van der Waals surface area contributed by atoms with Gasteiger partial charge in [0.15, 0.2) is 0 Å². The molecule has 0 radical (unpaired) electrons. The highest BCUT2D eigenvalue weighted by Crippen LogP contribution is 2.32. The van der Waals surface area contributed by atoms with Crippen LogP contribution in [0.5, 0.6) is 11.6 Å². The molecule has 2 rings (SSSR count). The molecule has 0 amide bonds. The number of nitrogens with two attached hydrogens (primary N) is 1. The molecule has 0 fully saturated rings. The molecule has 1 aromatic heterocycles. The average Bonchev–Trinajstić information content (AvgIpc) is 2.37. The van der Waals surface area contributed by atoms with Crippen molar-refractivity contribution in [1.82, 2.24) is 10.2 Å². The Labute approximate surface area is 116 Å². The molecule has 0 saturated carbocycles. The lowest BCUT2D eigenvalue weighted by Crippen LogP contribution is -2.01. The van der Waals surface area contributed by atoms with E-state index in [0.717, 1.165) is 0 Å². The summed E-state index contributed by atoms with van der Waals surface area (Å²) in [4.78, 5) is 0. The van der Waals surface area contributed by atoms with E-state index >= 15 is 0 Å². The molecule has 0 aliphatic heterocycles. The minimum absolute atomic E-state index is 0.0128. The maximum absolute atomic E-state index is 13.3. The topological polar surface area (TPSA) is 61.0 Å². The van der Waals surface area contributed by atoms with Crippen LogP contribution in [-0.2, 0) is 6.54 Å². The Balaban J connectivity index is 2.25. The molecule has 1 heterocycles. The van der Waals surface area contributed by atoms with Gasteiger partial charge in [0.2, 0.25) is 5.88 Å². The Morgan fingerprint density at radius 2 is 2.11 bits per heavy atom. The van der Waals surface area contributed by atoms with Crippen LogP contribution in [0.2, 0.25) is 5.02 Å². The third-order valence-corrected chi connectivity index (χ3v) is 3.00. The molecule has 0 unspecified atom stereocenters. The Morgan fingerprint density at radius 3 is 2.72 bits per heavy atom. The third-order valence-electron chi connectivity index (χ3n) is 2.09. The minimum atomic E-state index is -0.568. The minimum Gasteiger partial charge on any atom is -0.436 e. The summed E-state index contributed by atoms with van der Waals surface area (Å²) >= 11 is 8.85. The van der Waals surface area contributed by atoms with Gasteiger partial charge in [0.25, 0.3) is 0 Å². The second-order valence-electron chi connectivity index (χ2n) is 3.37. The highest BCUT2D eigenvalue weighted by atomic mass is 79.9. The quantitative estimate of drug-likeness (QED) is 0.876. The van der Waals surface area contributed by atoms with Gasteiger partial charge in [-0.1, -0.05) is 11.6 Å². The number of ether oxygens (including phenoxy) is 1. The van der Waals surface area contributed by atoms with Crippen molar-refractivity contribution in [2.45, 2.75) is 6.54 Å². The highest BCUT2D eigenvalue weighted by Gasteiger charge is 2.09. The van der Waals surface area contributed by atoms with Gasteiger partial charge >= 0.3 is 0 Å². The smallest absolute Gasteiger partial charge is 0.238 e. The summed E-state index contributed by atoms with van der Waals surface area (Å²) in [5, 5.41) is 7.65. The monoisotopic (exact) mass is 331 g/mol. The zero-order chi connectivity index (χ0) is 13.1. The zero-order valence-electron chi connectivity index (χ0n) is 9.03. The van der Waals surface area contributed by atoms with Crippen LogP contribution in [0, 0.1) is 5.82 Å². The first-order valence-electron chi connectivity index (χ1n) is 4.95. The van der Waals surface area contributed by atoms with Gasteiger partial charge in [-0.25, -0.2) is 4.39 Å². The van der Waals surface area contributed by atoms with E-state index in [9.17, 15) is 4.39 Å². The predicted molar refractivity (Wildman–Crippen MR) is 69.1 cm³/mol. The summed E-state index contributed by atoms with van der Waals surface area (Å²) < 4.78 is 19.2. The summed E-state index contributed by atoms with van der Waals surface area (Å²) in [6.45, 7) is 0.298. The van der Waals surface area contributed by atoms with Crippen molar-refractivity contribution >= 4 is 27.5 Å². The van der Waals surface area contributed by atoms with Gasteiger partial charge in [0, 0.05) is 18.7 Å². The second-order valence-corrected chi connectivity index (χ2v) is 4.63. The van der Waals surface area contributed by atoms with Gasteiger partial charge in [0.1, 0.15) is 11.6 Å².